The van der Waals surface area contributed by atoms with Crippen molar-refractivity contribution in [2.75, 3.05) is 23.1 Å². The minimum atomic E-state index is -3.40. The first-order valence-electron chi connectivity index (χ1n) is 16.7. The number of amides is 2. The van der Waals surface area contributed by atoms with Crippen LogP contribution in [0.3, 0.4) is 0 Å². The Morgan fingerprint density at radius 2 is 1.62 bits per heavy atom. The SMILES string of the molecule is CC(C)(C)OC(=O)NC1CCC(OS(C)(=O)=O)CC1.CSC1CCC(NC(=O)c2cnc(Nc3ncc(C#N)cc3F)cc2NC(C)C)CC1. The van der Waals surface area contributed by atoms with Gasteiger partial charge in [-0.1, -0.05) is 0 Å². The van der Waals surface area contributed by atoms with E-state index < -0.39 is 27.6 Å². The first-order chi connectivity index (χ1) is 23.4. The topological polar surface area (TPSA) is 184 Å². The summed E-state index contributed by atoms with van der Waals surface area (Å²) in [6, 6.07) is 4.89. The summed E-state index contributed by atoms with van der Waals surface area (Å²) in [5, 5.41) is 21.5. The standard InChI is InChI=1S/C22H27FN6OS.C12H23NO5S/c1-13(2)27-19-9-20(29-21-18(23)8-14(10-24)11-26-21)25-12-17(19)22(30)28-15-4-6-16(31-3)7-5-15;1-12(2,3)17-11(14)13-9-5-7-10(8-6-9)18-19(4,15)16/h8-9,11-13,15-16H,4-7H2,1-3H3,(H,28,30)(H2,25,26,27,29);9-10H,5-8H2,1-4H3,(H,13,14). The van der Waals surface area contributed by atoms with Crippen LogP contribution in [0.4, 0.5) is 26.5 Å². The molecular formula is C34H50FN7O6S2. The number of anilines is 3. The van der Waals surface area contributed by atoms with E-state index in [0.717, 1.165) is 38.0 Å². The van der Waals surface area contributed by atoms with Crippen molar-refractivity contribution in [2.45, 2.75) is 121 Å². The van der Waals surface area contributed by atoms with Crippen LogP contribution in [0.25, 0.3) is 0 Å². The number of halogens is 1. The van der Waals surface area contributed by atoms with Gasteiger partial charge in [-0.15, -0.1) is 0 Å². The number of nitriles is 1. The van der Waals surface area contributed by atoms with Gasteiger partial charge >= 0.3 is 6.09 Å². The summed E-state index contributed by atoms with van der Waals surface area (Å²) in [4.78, 5) is 32.7. The molecule has 2 aliphatic rings. The molecule has 50 heavy (non-hydrogen) atoms. The average molecular weight is 736 g/mol. The maximum atomic E-state index is 14.2. The minimum absolute atomic E-state index is 0.0225. The van der Waals surface area contributed by atoms with Crippen molar-refractivity contribution in [3.05, 3.63) is 41.5 Å². The van der Waals surface area contributed by atoms with Crippen LogP contribution in [-0.4, -0.2) is 78.0 Å². The van der Waals surface area contributed by atoms with E-state index >= 15 is 0 Å². The summed E-state index contributed by atoms with van der Waals surface area (Å²) in [5.74, 6) is -0.514. The van der Waals surface area contributed by atoms with E-state index in [-0.39, 0.29) is 41.5 Å². The van der Waals surface area contributed by atoms with Crippen molar-refractivity contribution in [3.8, 4) is 6.07 Å². The number of thioether (sulfide) groups is 1. The van der Waals surface area contributed by atoms with Crippen LogP contribution in [0.15, 0.2) is 24.5 Å². The maximum Gasteiger partial charge on any atom is 0.407 e. The molecule has 0 spiro atoms. The summed E-state index contributed by atoms with van der Waals surface area (Å²) in [7, 11) is -3.40. The normalized spacial score (nSPS) is 20.8. The van der Waals surface area contributed by atoms with Gasteiger partial charge in [-0.05, 0) is 98.3 Å². The lowest BCUT2D eigenvalue weighted by molar-refractivity contribution is 0.0472. The molecule has 2 saturated carbocycles. The fourth-order valence-corrected chi connectivity index (χ4v) is 7.01. The van der Waals surface area contributed by atoms with Crippen LogP contribution in [0.5, 0.6) is 0 Å². The average Bonchev–Trinajstić information content (AvgIpc) is 3.02. The van der Waals surface area contributed by atoms with Crippen LogP contribution < -0.4 is 21.3 Å². The number of carbonyl (C=O) groups is 2. The summed E-state index contributed by atoms with van der Waals surface area (Å²) < 4.78 is 46.3. The fourth-order valence-electron chi connectivity index (χ4n) is 5.58. The Bertz CT molecular complexity index is 1600. The molecule has 4 rings (SSSR count). The number of nitrogens with zero attached hydrogens (tertiary/aromatic N) is 3. The van der Waals surface area contributed by atoms with Gasteiger partial charge in [0.05, 0.1) is 29.2 Å². The number of alkyl carbamates (subject to hydrolysis) is 1. The quantitative estimate of drug-likeness (QED) is 0.201. The molecule has 0 aromatic carbocycles. The zero-order valence-electron chi connectivity index (χ0n) is 29.8. The van der Waals surface area contributed by atoms with Crippen molar-refractivity contribution >= 4 is 51.2 Å². The van der Waals surface area contributed by atoms with Gasteiger partial charge in [-0.25, -0.2) is 19.2 Å². The molecule has 276 valence electrons. The zero-order chi connectivity index (χ0) is 37.1. The van der Waals surface area contributed by atoms with E-state index in [1.807, 2.05) is 52.4 Å². The molecule has 0 atom stereocenters. The molecule has 2 fully saturated rings. The Morgan fingerprint density at radius 1 is 1.00 bits per heavy atom. The van der Waals surface area contributed by atoms with Gasteiger partial charge in [0.25, 0.3) is 16.0 Å². The zero-order valence-corrected chi connectivity index (χ0v) is 31.5. The minimum Gasteiger partial charge on any atom is -0.444 e. The molecule has 4 N–H and O–H groups in total. The summed E-state index contributed by atoms with van der Waals surface area (Å²) in [6.45, 7) is 9.37. The van der Waals surface area contributed by atoms with Gasteiger partial charge in [-0.3, -0.25) is 8.98 Å². The van der Waals surface area contributed by atoms with Gasteiger partial charge in [0.15, 0.2) is 11.6 Å². The van der Waals surface area contributed by atoms with E-state index in [1.54, 1.807) is 6.07 Å². The third-order valence-corrected chi connectivity index (χ3v) is 9.62. The Kier molecular flexibility index (Phi) is 15.1. The highest BCUT2D eigenvalue weighted by Crippen LogP contribution is 2.28. The summed E-state index contributed by atoms with van der Waals surface area (Å²) >= 11 is 1.89. The number of ether oxygens (including phenoxy) is 1. The van der Waals surface area contributed by atoms with Crippen LogP contribution in [0, 0.1) is 17.1 Å². The van der Waals surface area contributed by atoms with Crippen LogP contribution in [0.1, 0.15) is 102 Å². The lowest BCUT2D eigenvalue weighted by atomic mass is 9.93. The summed E-state index contributed by atoms with van der Waals surface area (Å²) in [5.41, 5.74) is 0.675. The first-order valence-corrected chi connectivity index (χ1v) is 19.9. The lowest BCUT2D eigenvalue weighted by Crippen LogP contribution is -2.42. The van der Waals surface area contributed by atoms with Crippen molar-refractivity contribution in [1.82, 2.24) is 20.6 Å². The molecule has 13 nitrogen and oxygen atoms in total. The van der Waals surface area contributed by atoms with Crippen LogP contribution in [0.2, 0.25) is 0 Å². The smallest absolute Gasteiger partial charge is 0.407 e. The number of hydrogen-bond acceptors (Lipinski definition) is 12. The molecule has 16 heteroatoms. The van der Waals surface area contributed by atoms with E-state index in [9.17, 15) is 22.4 Å². The molecule has 0 unspecified atom stereocenters. The molecule has 2 aromatic heterocycles. The second-order valence-electron chi connectivity index (χ2n) is 13.8. The molecule has 2 aromatic rings. The number of aromatic nitrogens is 2. The van der Waals surface area contributed by atoms with Gasteiger partial charge in [0.1, 0.15) is 17.5 Å². The Labute approximate surface area is 299 Å². The third kappa shape index (κ3) is 14.3. The molecule has 0 bridgehead atoms. The predicted molar refractivity (Wildman–Crippen MR) is 194 cm³/mol. The highest BCUT2D eigenvalue weighted by molar-refractivity contribution is 7.99. The second-order valence-corrected chi connectivity index (χ2v) is 16.5. The molecule has 0 saturated heterocycles. The lowest BCUT2D eigenvalue weighted by Gasteiger charge is -2.29. The first kappa shape index (κ1) is 40.7. The van der Waals surface area contributed by atoms with Gasteiger partial charge in [0, 0.05) is 41.8 Å². The fraction of sp³-hybridized carbons (Fsp3) is 0.618. The number of hydrogen-bond donors (Lipinski definition) is 4. The van der Waals surface area contributed by atoms with E-state index in [0.29, 0.717) is 48.0 Å². The number of nitrogens with one attached hydrogen (secondary N) is 4. The van der Waals surface area contributed by atoms with E-state index in [2.05, 4.69) is 37.5 Å². The molecule has 2 heterocycles. The van der Waals surface area contributed by atoms with Crippen LogP contribution >= 0.6 is 11.8 Å². The Balaban J connectivity index is 0.000000305. The Morgan fingerprint density at radius 3 is 2.16 bits per heavy atom. The predicted octanol–water partition coefficient (Wildman–Crippen LogP) is 6.25. The van der Waals surface area contributed by atoms with Crippen LogP contribution in [-0.2, 0) is 19.0 Å². The van der Waals surface area contributed by atoms with Gasteiger partial charge in [-0.2, -0.15) is 25.4 Å². The summed E-state index contributed by atoms with van der Waals surface area (Å²) in [6.07, 6.45) is 12.0. The number of carbonyl (C=O) groups excluding carboxylic acids is 2. The molecule has 0 aliphatic heterocycles. The Hall–Kier alpha value is -3.68. The number of rotatable bonds is 10. The largest absolute Gasteiger partial charge is 0.444 e. The second kappa shape index (κ2) is 18.5. The van der Waals surface area contributed by atoms with Crippen molar-refractivity contribution in [3.63, 3.8) is 0 Å². The highest BCUT2D eigenvalue weighted by Gasteiger charge is 2.27. The molecule has 2 amide bonds. The third-order valence-electron chi connectivity index (χ3n) is 7.86. The maximum absolute atomic E-state index is 14.2. The monoisotopic (exact) mass is 735 g/mol. The molecule has 0 radical (unpaired) electrons. The van der Waals surface area contributed by atoms with E-state index in [4.69, 9.17) is 14.2 Å². The van der Waals surface area contributed by atoms with Crippen molar-refractivity contribution < 1.29 is 31.3 Å². The van der Waals surface area contributed by atoms with Gasteiger partial charge < -0.3 is 26.0 Å². The van der Waals surface area contributed by atoms with Crippen molar-refractivity contribution in [1.29, 1.82) is 5.26 Å². The molecule has 2 aliphatic carbocycles. The van der Waals surface area contributed by atoms with Crippen molar-refractivity contribution in [2.24, 2.45) is 0 Å². The van der Waals surface area contributed by atoms with E-state index in [1.165, 1.54) is 12.4 Å². The number of pyridine rings is 2. The molecular weight excluding hydrogens is 686 g/mol. The highest BCUT2D eigenvalue weighted by atomic mass is 32.2. The van der Waals surface area contributed by atoms with Gasteiger partial charge in [0.2, 0.25) is 0 Å².